The zero-order valence-corrected chi connectivity index (χ0v) is 18.2. The van der Waals surface area contributed by atoms with Crippen molar-refractivity contribution in [2.45, 2.75) is 25.9 Å². The van der Waals surface area contributed by atoms with Crippen molar-refractivity contribution in [1.29, 1.82) is 0 Å². The summed E-state index contributed by atoms with van der Waals surface area (Å²) in [5, 5.41) is 4.87. The standard InChI is InChI=1S/C20H22Cl2N4O2S/c21-15-4-3-14(16(22)9-15)10-24-19(27)17-11-23-18(29-17)12-25-5-7-26(8-6-25)20(28)13-1-2-13/h3-4,9,11,13H,1-2,5-8,10,12H2,(H,24,27). The minimum absolute atomic E-state index is 0.167. The Morgan fingerprint density at radius 3 is 2.62 bits per heavy atom. The summed E-state index contributed by atoms with van der Waals surface area (Å²) in [6, 6.07) is 5.21. The molecule has 2 aromatic rings. The quantitative estimate of drug-likeness (QED) is 0.728. The van der Waals surface area contributed by atoms with Gasteiger partial charge in [-0.3, -0.25) is 14.5 Å². The maximum atomic E-state index is 12.4. The number of carbonyl (C=O) groups excluding carboxylic acids is 2. The van der Waals surface area contributed by atoms with Crippen LogP contribution in [0.15, 0.2) is 24.4 Å². The van der Waals surface area contributed by atoms with E-state index < -0.39 is 0 Å². The molecule has 1 aromatic heterocycles. The van der Waals surface area contributed by atoms with E-state index in [0.29, 0.717) is 33.9 Å². The molecule has 1 saturated carbocycles. The third-order valence-electron chi connectivity index (χ3n) is 5.20. The molecule has 1 aliphatic heterocycles. The van der Waals surface area contributed by atoms with Crippen LogP contribution in [0.25, 0.3) is 0 Å². The average molecular weight is 453 g/mol. The molecule has 0 unspecified atom stereocenters. The molecule has 2 aliphatic rings. The van der Waals surface area contributed by atoms with Gasteiger partial charge in [0.25, 0.3) is 5.91 Å². The molecule has 1 saturated heterocycles. The van der Waals surface area contributed by atoms with Gasteiger partial charge < -0.3 is 10.2 Å². The van der Waals surface area contributed by atoms with Gasteiger partial charge in [0.15, 0.2) is 0 Å². The van der Waals surface area contributed by atoms with Crippen molar-refractivity contribution in [3.63, 3.8) is 0 Å². The monoisotopic (exact) mass is 452 g/mol. The second-order valence-electron chi connectivity index (χ2n) is 7.41. The highest BCUT2D eigenvalue weighted by molar-refractivity contribution is 7.13. The molecule has 4 rings (SSSR count). The minimum Gasteiger partial charge on any atom is -0.347 e. The van der Waals surface area contributed by atoms with E-state index in [4.69, 9.17) is 23.2 Å². The van der Waals surface area contributed by atoms with E-state index in [1.807, 2.05) is 4.90 Å². The molecule has 0 bridgehead atoms. The van der Waals surface area contributed by atoms with Gasteiger partial charge in [-0.25, -0.2) is 4.98 Å². The average Bonchev–Trinajstić information content (AvgIpc) is 3.46. The number of amides is 2. The number of nitrogens with zero attached hydrogens (tertiary/aromatic N) is 3. The van der Waals surface area contributed by atoms with Crippen molar-refractivity contribution in [2.75, 3.05) is 26.2 Å². The van der Waals surface area contributed by atoms with Crippen LogP contribution in [-0.4, -0.2) is 52.8 Å². The summed E-state index contributed by atoms with van der Waals surface area (Å²) in [5.74, 6) is 0.433. The smallest absolute Gasteiger partial charge is 0.263 e. The second kappa shape index (κ2) is 9.00. The normalized spacial score (nSPS) is 17.4. The van der Waals surface area contributed by atoms with Gasteiger partial charge in [0.2, 0.25) is 5.91 Å². The largest absolute Gasteiger partial charge is 0.347 e. The van der Waals surface area contributed by atoms with Crippen LogP contribution in [0.5, 0.6) is 0 Å². The molecular weight excluding hydrogens is 431 g/mol. The molecule has 2 heterocycles. The summed E-state index contributed by atoms with van der Waals surface area (Å²) >= 11 is 13.4. The van der Waals surface area contributed by atoms with Crippen molar-refractivity contribution < 1.29 is 9.59 Å². The molecule has 6 nitrogen and oxygen atoms in total. The Bertz CT molecular complexity index is 908. The first kappa shape index (κ1) is 20.6. The molecule has 154 valence electrons. The van der Waals surface area contributed by atoms with Crippen LogP contribution in [0.1, 0.15) is 33.1 Å². The Labute approximate surface area is 183 Å². The lowest BCUT2D eigenvalue weighted by Gasteiger charge is -2.34. The van der Waals surface area contributed by atoms with Gasteiger partial charge in [0, 0.05) is 48.7 Å². The van der Waals surface area contributed by atoms with Crippen molar-refractivity contribution in [3.05, 3.63) is 49.9 Å². The Balaban J connectivity index is 1.26. The Hall–Kier alpha value is -1.67. The van der Waals surface area contributed by atoms with Crippen LogP contribution in [-0.2, 0) is 17.9 Å². The fraction of sp³-hybridized carbons (Fsp3) is 0.450. The van der Waals surface area contributed by atoms with Crippen LogP contribution < -0.4 is 5.32 Å². The summed E-state index contributed by atoms with van der Waals surface area (Å²) < 4.78 is 0. The third-order valence-corrected chi connectivity index (χ3v) is 6.77. The number of hydrogen-bond donors (Lipinski definition) is 1. The summed E-state index contributed by atoms with van der Waals surface area (Å²) in [6.45, 7) is 4.26. The summed E-state index contributed by atoms with van der Waals surface area (Å²) in [4.78, 5) is 33.8. The summed E-state index contributed by atoms with van der Waals surface area (Å²) in [6.07, 6.45) is 3.71. The minimum atomic E-state index is -0.167. The lowest BCUT2D eigenvalue weighted by molar-refractivity contribution is -0.134. The number of carbonyl (C=O) groups is 2. The highest BCUT2D eigenvalue weighted by Crippen LogP contribution is 2.31. The van der Waals surface area contributed by atoms with Crippen LogP contribution >= 0.6 is 34.5 Å². The number of halogens is 2. The molecule has 1 aliphatic carbocycles. The van der Waals surface area contributed by atoms with E-state index in [-0.39, 0.29) is 11.8 Å². The van der Waals surface area contributed by atoms with Gasteiger partial charge in [0.1, 0.15) is 9.88 Å². The molecular formula is C20H22Cl2N4O2S. The summed E-state index contributed by atoms with van der Waals surface area (Å²) in [7, 11) is 0. The maximum Gasteiger partial charge on any atom is 0.263 e. The van der Waals surface area contributed by atoms with Crippen LogP contribution in [0.2, 0.25) is 10.0 Å². The number of benzene rings is 1. The Morgan fingerprint density at radius 2 is 1.93 bits per heavy atom. The van der Waals surface area contributed by atoms with E-state index in [0.717, 1.165) is 49.6 Å². The van der Waals surface area contributed by atoms with Crippen molar-refractivity contribution >= 4 is 46.4 Å². The summed E-state index contributed by atoms with van der Waals surface area (Å²) in [5.41, 5.74) is 0.813. The molecule has 9 heteroatoms. The van der Waals surface area contributed by atoms with E-state index in [2.05, 4.69) is 15.2 Å². The second-order valence-corrected chi connectivity index (χ2v) is 9.37. The van der Waals surface area contributed by atoms with Crippen LogP contribution in [0.3, 0.4) is 0 Å². The first-order chi connectivity index (χ1) is 14.0. The highest BCUT2D eigenvalue weighted by atomic mass is 35.5. The third kappa shape index (κ3) is 5.28. The highest BCUT2D eigenvalue weighted by Gasteiger charge is 2.34. The lowest BCUT2D eigenvalue weighted by atomic mass is 10.2. The topological polar surface area (TPSA) is 65.5 Å². The van der Waals surface area contributed by atoms with Crippen LogP contribution in [0, 0.1) is 5.92 Å². The van der Waals surface area contributed by atoms with Crippen molar-refractivity contribution in [2.24, 2.45) is 5.92 Å². The molecule has 1 aromatic carbocycles. The first-order valence-corrected chi connectivity index (χ1v) is 11.2. The number of thiazole rings is 1. The fourth-order valence-electron chi connectivity index (χ4n) is 3.32. The van der Waals surface area contributed by atoms with Crippen molar-refractivity contribution in [3.8, 4) is 0 Å². The van der Waals surface area contributed by atoms with E-state index in [9.17, 15) is 9.59 Å². The zero-order valence-electron chi connectivity index (χ0n) is 15.9. The SMILES string of the molecule is O=C(NCc1ccc(Cl)cc1Cl)c1cnc(CN2CCN(C(=O)C3CC3)CC2)s1. The molecule has 0 atom stereocenters. The van der Waals surface area contributed by atoms with E-state index in [1.165, 1.54) is 11.3 Å². The van der Waals surface area contributed by atoms with Crippen LogP contribution in [0.4, 0.5) is 0 Å². The van der Waals surface area contributed by atoms with Gasteiger partial charge >= 0.3 is 0 Å². The predicted octanol–water partition coefficient (Wildman–Crippen LogP) is 3.43. The fourth-order valence-corrected chi connectivity index (χ4v) is 4.67. The molecule has 2 fully saturated rings. The number of rotatable bonds is 6. The molecule has 1 N–H and O–H groups in total. The van der Waals surface area contributed by atoms with E-state index in [1.54, 1.807) is 24.4 Å². The number of hydrogen-bond acceptors (Lipinski definition) is 5. The molecule has 29 heavy (non-hydrogen) atoms. The Kier molecular flexibility index (Phi) is 6.39. The van der Waals surface area contributed by atoms with Gasteiger partial charge in [-0.05, 0) is 30.5 Å². The number of piperazine rings is 1. The number of aromatic nitrogens is 1. The predicted molar refractivity (Wildman–Crippen MR) is 114 cm³/mol. The zero-order chi connectivity index (χ0) is 20.4. The van der Waals surface area contributed by atoms with Gasteiger partial charge in [0.05, 0.1) is 12.7 Å². The number of nitrogens with one attached hydrogen (secondary N) is 1. The first-order valence-electron chi connectivity index (χ1n) is 9.67. The van der Waals surface area contributed by atoms with Gasteiger partial charge in [-0.2, -0.15) is 0 Å². The Morgan fingerprint density at radius 1 is 1.17 bits per heavy atom. The maximum absolute atomic E-state index is 12.4. The van der Waals surface area contributed by atoms with Crippen molar-refractivity contribution in [1.82, 2.24) is 20.1 Å². The molecule has 0 radical (unpaired) electrons. The lowest BCUT2D eigenvalue weighted by Crippen LogP contribution is -2.48. The van der Waals surface area contributed by atoms with E-state index >= 15 is 0 Å². The molecule has 0 spiro atoms. The van der Waals surface area contributed by atoms with Gasteiger partial charge in [-0.15, -0.1) is 11.3 Å². The van der Waals surface area contributed by atoms with Gasteiger partial charge in [-0.1, -0.05) is 29.3 Å². The molecule has 2 amide bonds.